The standard InChI is InChI=1S/C26H40O4/c1-6-8-9-10-12-23(25(29)30-26(3,4)5)19-22(24(27)28)18-17-21-15-13-20(11-7-2)14-16-21/h6,13-16,22-23H,1,7-12,17-19H2,2-5H3,(H,27,28). The van der Waals surface area contributed by atoms with E-state index in [-0.39, 0.29) is 11.9 Å². The summed E-state index contributed by atoms with van der Waals surface area (Å²) in [6, 6.07) is 8.42. The van der Waals surface area contributed by atoms with E-state index in [2.05, 4.69) is 37.8 Å². The Hall–Kier alpha value is -2.10. The Morgan fingerprint density at radius 1 is 1.03 bits per heavy atom. The number of hydrogen-bond donors (Lipinski definition) is 1. The van der Waals surface area contributed by atoms with Gasteiger partial charge in [-0.2, -0.15) is 0 Å². The normalized spacial score (nSPS) is 13.5. The van der Waals surface area contributed by atoms with E-state index in [1.165, 1.54) is 5.56 Å². The molecule has 0 bridgehead atoms. The van der Waals surface area contributed by atoms with Crippen LogP contribution in [0.25, 0.3) is 0 Å². The second-order valence-electron chi connectivity index (χ2n) is 9.18. The van der Waals surface area contributed by atoms with Crippen molar-refractivity contribution in [2.24, 2.45) is 11.8 Å². The first-order valence-electron chi connectivity index (χ1n) is 11.3. The lowest BCUT2D eigenvalue weighted by atomic mass is 9.86. The van der Waals surface area contributed by atoms with Crippen LogP contribution in [-0.2, 0) is 27.2 Å². The van der Waals surface area contributed by atoms with Crippen LogP contribution in [0, 0.1) is 11.8 Å². The summed E-state index contributed by atoms with van der Waals surface area (Å²) in [4.78, 5) is 24.6. The molecule has 1 N–H and O–H groups in total. The first kappa shape index (κ1) is 25.9. The Morgan fingerprint density at radius 2 is 1.63 bits per heavy atom. The largest absolute Gasteiger partial charge is 0.481 e. The number of benzene rings is 1. The highest BCUT2D eigenvalue weighted by Crippen LogP contribution is 2.26. The third-order valence-corrected chi connectivity index (χ3v) is 5.21. The SMILES string of the molecule is C=CCCCCC(CC(CCc1ccc(CCC)cc1)C(=O)O)C(=O)OC(C)(C)C. The molecule has 0 fully saturated rings. The van der Waals surface area contributed by atoms with Crippen LogP contribution in [0.1, 0.15) is 83.8 Å². The maximum Gasteiger partial charge on any atom is 0.309 e. The average molecular weight is 417 g/mol. The highest BCUT2D eigenvalue weighted by Gasteiger charge is 2.30. The van der Waals surface area contributed by atoms with Crippen molar-refractivity contribution in [3.63, 3.8) is 0 Å². The molecule has 0 aliphatic rings. The number of carbonyl (C=O) groups excluding carboxylic acids is 1. The van der Waals surface area contributed by atoms with E-state index in [0.717, 1.165) is 37.7 Å². The van der Waals surface area contributed by atoms with E-state index in [4.69, 9.17) is 4.74 Å². The molecule has 0 aromatic heterocycles. The van der Waals surface area contributed by atoms with Crippen molar-refractivity contribution < 1.29 is 19.4 Å². The van der Waals surface area contributed by atoms with Crippen LogP contribution in [0.3, 0.4) is 0 Å². The van der Waals surface area contributed by atoms with Crippen molar-refractivity contribution in [2.45, 2.75) is 91.1 Å². The number of rotatable bonds is 14. The van der Waals surface area contributed by atoms with Gasteiger partial charge in [-0.3, -0.25) is 9.59 Å². The molecule has 0 aliphatic carbocycles. The lowest BCUT2D eigenvalue weighted by Gasteiger charge is -2.25. The van der Waals surface area contributed by atoms with Gasteiger partial charge in [0.25, 0.3) is 0 Å². The van der Waals surface area contributed by atoms with E-state index >= 15 is 0 Å². The fourth-order valence-electron chi connectivity index (χ4n) is 3.58. The predicted molar refractivity (Wildman–Crippen MR) is 123 cm³/mol. The molecule has 0 amide bonds. The number of aliphatic carboxylic acids is 1. The number of carboxylic acids is 1. The smallest absolute Gasteiger partial charge is 0.309 e. The maximum atomic E-state index is 12.7. The van der Waals surface area contributed by atoms with Crippen LogP contribution < -0.4 is 0 Å². The minimum atomic E-state index is -0.836. The predicted octanol–water partition coefficient (Wildman–Crippen LogP) is 6.37. The van der Waals surface area contributed by atoms with E-state index in [1.807, 2.05) is 26.8 Å². The monoisotopic (exact) mass is 416 g/mol. The average Bonchev–Trinajstić information content (AvgIpc) is 2.66. The molecule has 0 aliphatic heterocycles. The van der Waals surface area contributed by atoms with Gasteiger partial charge in [-0.1, -0.05) is 50.1 Å². The van der Waals surface area contributed by atoms with Crippen molar-refractivity contribution in [1.29, 1.82) is 0 Å². The quantitative estimate of drug-likeness (QED) is 0.217. The summed E-state index contributed by atoms with van der Waals surface area (Å²) in [7, 11) is 0. The number of esters is 1. The van der Waals surface area contributed by atoms with Gasteiger partial charge in [-0.05, 0) is 76.8 Å². The fraction of sp³-hybridized carbons (Fsp3) is 0.615. The second-order valence-corrected chi connectivity index (χ2v) is 9.18. The van der Waals surface area contributed by atoms with E-state index in [0.29, 0.717) is 25.7 Å². The number of aryl methyl sites for hydroxylation is 2. The summed E-state index contributed by atoms with van der Waals surface area (Å²) < 4.78 is 5.58. The van der Waals surface area contributed by atoms with Gasteiger partial charge in [0.2, 0.25) is 0 Å². The van der Waals surface area contributed by atoms with Crippen LogP contribution in [-0.4, -0.2) is 22.6 Å². The van der Waals surface area contributed by atoms with Gasteiger partial charge in [0.05, 0.1) is 11.8 Å². The molecular formula is C26H40O4. The summed E-state index contributed by atoms with van der Waals surface area (Å²) in [5, 5.41) is 9.77. The highest BCUT2D eigenvalue weighted by molar-refractivity contribution is 5.75. The zero-order valence-corrected chi connectivity index (χ0v) is 19.3. The Bertz CT molecular complexity index is 655. The highest BCUT2D eigenvalue weighted by atomic mass is 16.6. The van der Waals surface area contributed by atoms with E-state index in [1.54, 1.807) is 0 Å². The Kier molecular flexibility index (Phi) is 11.5. The van der Waals surface area contributed by atoms with Crippen LogP contribution in [0.5, 0.6) is 0 Å². The molecule has 1 aromatic rings. The van der Waals surface area contributed by atoms with Crippen LogP contribution in [0.4, 0.5) is 0 Å². The zero-order chi connectivity index (χ0) is 22.6. The number of hydrogen-bond acceptors (Lipinski definition) is 3. The number of ether oxygens (including phenoxy) is 1. The van der Waals surface area contributed by atoms with Crippen molar-refractivity contribution >= 4 is 11.9 Å². The minimum absolute atomic E-state index is 0.281. The van der Waals surface area contributed by atoms with Gasteiger partial charge < -0.3 is 9.84 Å². The van der Waals surface area contributed by atoms with Crippen molar-refractivity contribution in [3.8, 4) is 0 Å². The Balaban J connectivity index is 2.76. The summed E-state index contributed by atoms with van der Waals surface area (Å²) in [5.41, 5.74) is 1.87. The molecule has 1 rings (SSSR count). The number of carboxylic acid groups (broad SMARTS) is 1. The lowest BCUT2D eigenvalue weighted by molar-refractivity contribution is -0.161. The third kappa shape index (κ3) is 10.6. The van der Waals surface area contributed by atoms with Gasteiger partial charge in [0, 0.05) is 0 Å². The van der Waals surface area contributed by atoms with Gasteiger partial charge >= 0.3 is 11.9 Å². The fourth-order valence-corrected chi connectivity index (χ4v) is 3.58. The summed E-state index contributed by atoms with van der Waals surface area (Å²) in [6.07, 6.45) is 8.94. The number of allylic oxidation sites excluding steroid dienone is 1. The molecule has 0 radical (unpaired) electrons. The third-order valence-electron chi connectivity index (χ3n) is 5.21. The number of unbranched alkanes of at least 4 members (excludes halogenated alkanes) is 2. The molecule has 4 heteroatoms. The molecule has 1 aromatic carbocycles. The summed E-state index contributed by atoms with van der Waals surface area (Å²) in [5.74, 6) is -2.06. The van der Waals surface area contributed by atoms with E-state index in [9.17, 15) is 14.7 Å². The van der Waals surface area contributed by atoms with Crippen molar-refractivity contribution in [2.75, 3.05) is 0 Å². The van der Waals surface area contributed by atoms with Crippen LogP contribution >= 0.6 is 0 Å². The first-order chi connectivity index (χ1) is 14.2. The van der Waals surface area contributed by atoms with E-state index < -0.39 is 17.5 Å². The molecule has 2 unspecified atom stereocenters. The lowest BCUT2D eigenvalue weighted by Crippen LogP contribution is -2.31. The molecule has 0 saturated carbocycles. The topological polar surface area (TPSA) is 63.6 Å². The molecule has 168 valence electrons. The molecule has 2 atom stereocenters. The molecule has 30 heavy (non-hydrogen) atoms. The summed E-state index contributed by atoms with van der Waals surface area (Å²) >= 11 is 0. The van der Waals surface area contributed by atoms with Gasteiger partial charge in [-0.25, -0.2) is 0 Å². The van der Waals surface area contributed by atoms with Crippen molar-refractivity contribution in [3.05, 3.63) is 48.0 Å². The van der Waals surface area contributed by atoms with Gasteiger partial charge in [0.1, 0.15) is 5.60 Å². The molecule has 4 nitrogen and oxygen atoms in total. The zero-order valence-electron chi connectivity index (χ0n) is 19.3. The Labute approximate surface area is 182 Å². The first-order valence-corrected chi connectivity index (χ1v) is 11.3. The second kappa shape index (κ2) is 13.3. The molecule has 0 spiro atoms. The van der Waals surface area contributed by atoms with Gasteiger partial charge in [-0.15, -0.1) is 6.58 Å². The number of carbonyl (C=O) groups is 2. The minimum Gasteiger partial charge on any atom is -0.481 e. The molecule has 0 heterocycles. The molecular weight excluding hydrogens is 376 g/mol. The van der Waals surface area contributed by atoms with Crippen molar-refractivity contribution in [1.82, 2.24) is 0 Å². The molecule has 0 saturated heterocycles. The van der Waals surface area contributed by atoms with Crippen LogP contribution in [0.15, 0.2) is 36.9 Å². The van der Waals surface area contributed by atoms with Gasteiger partial charge in [0.15, 0.2) is 0 Å². The summed E-state index contributed by atoms with van der Waals surface area (Å²) in [6.45, 7) is 11.4. The Morgan fingerprint density at radius 3 is 2.13 bits per heavy atom. The maximum absolute atomic E-state index is 12.7. The van der Waals surface area contributed by atoms with Crippen LogP contribution in [0.2, 0.25) is 0 Å².